The largest absolute Gasteiger partial charge is 0.463 e. The van der Waals surface area contributed by atoms with Gasteiger partial charge in [0.1, 0.15) is 11.9 Å². The second-order valence-electron chi connectivity index (χ2n) is 5.43. The Morgan fingerprint density at radius 2 is 2.13 bits per heavy atom. The molecule has 3 aliphatic rings. The van der Waals surface area contributed by atoms with Crippen molar-refractivity contribution in [2.75, 3.05) is 0 Å². The van der Waals surface area contributed by atoms with Gasteiger partial charge in [0.25, 0.3) is 0 Å². The molecule has 3 aliphatic carbocycles. The summed E-state index contributed by atoms with van der Waals surface area (Å²) >= 11 is 0. The molecule has 0 aromatic heterocycles. The van der Waals surface area contributed by atoms with Gasteiger partial charge in [-0.3, -0.25) is 9.59 Å². The fraction of sp³-hybridized carbons (Fsp3) is 0.833. The molecular weight excluding hydrogens is 192 g/mol. The van der Waals surface area contributed by atoms with E-state index in [1.54, 1.807) is 0 Å². The molecule has 3 saturated carbocycles. The molecule has 3 rings (SSSR count). The van der Waals surface area contributed by atoms with Crippen LogP contribution in [0.15, 0.2) is 0 Å². The third kappa shape index (κ3) is 0.963. The fourth-order valence-electron chi connectivity index (χ4n) is 4.22. The zero-order chi connectivity index (χ0) is 10.7. The van der Waals surface area contributed by atoms with Gasteiger partial charge in [0.15, 0.2) is 0 Å². The summed E-state index contributed by atoms with van der Waals surface area (Å²) in [5.41, 5.74) is 0.150. The van der Waals surface area contributed by atoms with E-state index in [9.17, 15) is 9.59 Å². The summed E-state index contributed by atoms with van der Waals surface area (Å²) in [4.78, 5) is 22.8. The molecule has 0 aromatic rings. The molecule has 0 aromatic carbocycles. The van der Waals surface area contributed by atoms with Crippen molar-refractivity contribution < 1.29 is 14.3 Å². The van der Waals surface area contributed by atoms with Gasteiger partial charge in [-0.1, -0.05) is 0 Å². The highest BCUT2D eigenvalue weighted by molar-refractivity contribution is 5.90. The lowest BCUT2D eigenvalue weighted by Crippen LogP contribution is -2.46. The number of Topliss-reactive ketones (excluding diaryl/α,β-unsaturated/α-hetero) is 1. The van der Waals surface area contributed by atoms with E-state index in [0.29, 0.717) is 5.78 Å². The summed E-state index contributed by atoms with van der Waals surface area (Å²) in [6.07, 6.45) is 5.72. The molecule has 15 heavy (non-hydrogen) atoms. The molecule has 0 N–H and O–H groups in total. The zero-order valence-electron chi connectivity index (χ0n) is 9.04. The van der Waals surface area contributed by atoms with Crippen molar-refractivity contribution in [3.8, 4) is 0 Å². The molecule has 82 valence electrons. The first-order valence-corrected chi connectivity index (χ1v) is 5.79. The van der Waals surface area contributed by atoms with Gasteiger partial charge in [-0.25, -0.2) is 0 Å². The van der Waals surface area contributed by atoms with Gasteiger partial charge in [-0.05, 0) is 37.5 Å². The molecule has 3 atom stereocenters. The Bertz CT molecular complexity index is 349. The van der Waals surface area contributed by atoms with E-state index in [1.165, 1.54) is 6.92 Å². The number of carbonyl (C=O) groups is 2. The van der Waals surface area contributed by atoms with Crippen LogP contribution in [0.2, 0.25) is 0 Å². The maximum absolute atomic E-state index is 11.9. The minimum Gasteiger partial charge on any atom is -0.463 e. The van der Waals surface area contributed by atoms with Crippen LogP contribution in [0.3, 0.4) is 0 Å². The smallest absolute Gasteiger partial charge is 0.302 e. The number of hydrogen-bond donors (Lipinski definition) is 0. The minimum absolute atomic E-state index is 0.00856. The fourth-order valence-corrected chi connectivity index (χ4v) is 4.22. The Morgan fingerprint density at radius 3 is 2.67 bits per heavy atom. The van der Waals surface area contributed by atoms with E-state index in [2.05, 4.69) is 0 Å². The topological polar surface area (TPSA) is 43.4 Å². The maximum Gasteiger partial charge on any atom is 0.302 e. The van der Waals surface area contributed by atoms with Crippen LogP contribution in [0.4, 0.5) is 0 Å². The second-order valence-corrected chi connectivity index (χ2v) is 5.43. The summed E-state index contributed by atoms with van der Waals surface area (Å²) in [5, 5.41) is 0. The highest BCUT2D eigenvalue weighted by Gasteiger charge is 2.70. The lowest BCUT2D eigenvalue weighted by molar-refractivity contribution is -0.147. The third-order valence-corrected chi connectivity index (χ3v) is 4.94. The van der Waals surface area contributed by atoms with Crippen LogP contribution >= 0.6 is 0 Å². The van der Waals surface area contributed by atoms with Crippen LogP contribution in [0, 0.1) is 10.8 Å². The van der Waals surface area contributed by atoms with Crippen LogP contribution in [-0.4, -0.2) is 17.9 Å². The van der Waals surface area contributed by atoms with E-state index >= 15 is 0 Å². The highest BCUT2D eigenvalue weighted by atomic mass is 16.5. The molecule has 0 bridgehead atoms. The van der Waals surface area contributed by atoms with Crippen molar-refractivity contribution in [1.82, 2.24) is 0 Å². The molecule has 0 amide bonds. The van der Waals surface area contributed by atoms with E-state index in [4.69, 9.17) is 4.74 Å². The molecule has 0 heterocycles. The summed E-state index contributed by atoms with van der Waals surface area (Å²) in [6, 6.07) is 0. The van der Waals surface area contributed by atoms with Gasteiger partial charge < -0.3 is 4.74 Å². The predicted molar refractivity (Wildman–Crippen MR) is 53.1 cm³/mol. The average Bonchev–Trinajstić information content (AvgIpc) is 2.41. The molecule has 0 radical (unpaired) electrons. The van der Waals surface area contributed by atoms with Crippen molar-refractivity contribution in [3.05, 3.63) is 0 Å². The highest BCUT2D eigenvalue weighted by Crippen LogP contribution is 2.73. The van der Waals surface area contributed by atoms with Gasteiger partial charge in [0.05, 0.1) is 0 Å². The van der Waals surface area contributed by atoms with Gasteiger partial charge in [-0.15, -0.1) is 0 Å². The van der Waals surface area contributed by atoms with Gasteiger partial charge >= 0.3 is 5.97 Å². The Balaban J connectivity index is 1.84. The first kappa shape index (κ1) is 9.37. The van der Waals surface area contributed by atoms with Crippen LogP contribution in [-0.2, 0) is 14.3 Å². The summed E-state index contributed by atoms with van der Waals surface area (Å²) in [6.45, 7) is 1.45. The Kier molecular flexibility index (Phi) is 1.64. The Labute approximate surface area is 89.2 Å². The lowest BCUT2D eigenvalue weighted by Gasteiger charge is -2.49. The lowest BCUT2D eigenvalue weighted by atomic mass is 9.53. The number of ketones is 1. The standard InChI is InChI=1S/C12H16O3/c1-8(13)15-9-6-11-3-2-10(14)12(11,7-9)5-4-11/h9H,2-7H2,1H3/t9-,11+,12+/m1/s1. The zero-order valence-corrected chi connectivity index (χ0v) is 9.04. The van der Waals surface area contributed by atoms with Crippen molar-refractivity contribution in [1.29, 1.82) is 0 Å². The third-order valence-electron chi connectivity index (χ3n) is 4.94. The van der Waals surface area contributed by atoms with E-state index in [0.717, 1.165) is 38.5 Å². The number of ether oxygens (including phenoxy) is 1. The quantitative estimate of drug-likeness (QED) is 0.617. The summed E-state index contributed by atoms with van der Waals surface area (Å²) in [5.74, 6) is 0.225. The van der Waals surface area contributed by atoms with Crippen LogP contribution in [0.1, 0.15) is 45.4 Å². The monoisotopic (exact) mass is 208 g/mol. The molecule has 3 heteroatoms. The summed E-state index contributed by atoms with van der Waals surface area (Å²) in [7, 11) is 0. The normalized spacial score (nSPS) is 47.0. The van der Waals surface area contributed by atoms with Gasteiger partial charge in [0.2, 0.25) is 0 Å². The first-order valence-electron chi connectivity index (χ1n) is 5.79. The van der Waals surface area contributed by atoms with Crippen LogP contribution in [0.25, 0.3) is 0 Å². The van der Waals surface area contributed by atoms with Crippen LogP contribution < -0.4 is 0 Å². The minimum atomic E-state index is -0.209. The van der Waals surface area contributed by atoms with Crippen molar-refractivity contribution in [2.24, 2.45) is 10.8 Å². The van der Waals surface area contributed by atoms with Crippen LogP contribution in [0.5, 0.6) is 0 Å². The van der Waals surface area contributed by atoms with Crippen molar-refractivity contribution in [2.45, 2.75) is 51.6 Å². The van der Waals surface area contributed by atoms with Gasteiger partial charge in [-0.2, -0.15) is 0 Å². The van der Waals surface area contributed by atoms with Crippen molar-refractivity contribution in [3.63, 3.8) is 0 Å². The maximum atomic E-state index is 11.9. The molecule has 0 spiro atoms. The number of rotatable bonds is 1. The Hall–Kier alpha value is -0.860. The van der Waals surface area contributed by atoms with E-state index in [1.807, 2.05) is 0 Å². The van der Waals surface area contributed by atoms with E-state index < -0.39 is 0 Å². The number of esters is 1. The molecule has 0 unspecified atom stereocenters. The molecule has 3 nitrogen and oxygen atoms in total. The number of hydrogen-bond acceptors (Lipinski definition) is 3. The van der Waals surface area contributed by atoms with E-state index in [-0.39, 0.29) is 22.9 Å². The SMILES string of the molecule is CC(=O)O[C@@H]1C[C@@]23CCC(=O)[C@]2(CC3)C1. The first-order chi connectivity index (χ1) is 7.08. The molecular formula is C12H16O3. The predicted octanol–water partition coefficient (Wildman–Crippen LogP) is 1.84. The molecule has 0 saturated heterocycles. The van der Waals surface area contributed by atoms with Crippen molar-refractivity contribution >= 4 is 11.8 Å². The van der Waals surface area contributed by atoms with Gasteiger partial charge in [0, 0.05) is 18.8 Å². The average molecular weight is 208 g/mol. The molecule has 3 fully saturated rings. The Morgan fingerprint density at radius 1 is 1.33 bits per heavy atom. The number of carbonyl (C=O) groups excluding carboxylic acids is 2. The summed E-state index contributed by atoms with van der Waals surface area (Å²) < 4.78 is 5.28. The molecule has 0 aliphatic heterocycles. The second kappa shape index (κ2) is 2.63.